The van der Waals surface area contributed by atoms with Gasteiger partial charge < -0.3 is 14.2 Å². The van der Waals surface area contributed by atoms with Gasteiger partial charge in [0.25, 0.3) is 0 Å². The third-order valence-electron chi connectivity index (χ3n) is 4.02. The molecule has 0 bridgehead atoms. The highest BCUT2D eigenvalue weighted by molar-refractivity contribution is 5.79. The van der Waals surface area contributed by atoms with Gasteiger partial charge in [-0.15, -0.1) is 0 Å². The van der Waals surface area contributed by atoms with Gasteiger partial charge >= 0.3 is 0 Å². The number of hydrogen-bond acceptors (Lipinski definition) is 5. The Morgan fingerprint density at radius 2 is 2.35 bits per heavy atom. The monoisotopic (exact) mass is 319 g/mol. The van der Waals surface area contributed by atoms with Crippen LogP contribution in [0.5, 0.6) is 5.75 Å². The summed E-state index contributed by atoms with van der Waals surface area (Å²) in [6.45, 7) is 2.93. The van der Waals surface area contributed by atoms with E-state index in [0.717, 1.165) is 6.42 Å². The summed E-state index contributed by atoms with van der Waals surface area (Å²) < 4.78 is 23.8. The first-order valence-electron chi connectivity index (χ1n) is 7.47. The molecule has 0 radical (unpaired) electrons. The van der Waals surface area contributed by atoms with Crippen LogP contribution in [0.4, 0.5) is 4.39 Å². The Hall–Kier alpha value is -2.44. The molecule has 1 atom stereocenters. The van der Waals surface area contributed by atoms with Crippen LogP contribution in [0.3, 0.4) is 0 Å². The van der Waals surface area contributed by atoms with Gasteiger partial charge in [-0.05, 0) is 31.5 Å². The number of hydrogen-bond donors (Lipinski definition) is 0. The van der Waals surface area contributed by atoms with Crippen LogP contribution in [0.2, 0.25) is 0 Å². The first-order valence-corrected chi connectivity index (χ1v) is 7.47. The van der Waals surface area contributed by atoms with Crippen molar-refractivity contribution in [1.29, 1.82) is 0 Å². The van der Waals surface area contributed by atoms with E-state index in [1.54, 1.807) is 11.8 Å². The number of rotatable bonds is 4. The van der Waals surface area contributed by atoms with E-state index < -0.39 is 0 Å². The average Bonchev–Trinajstić information content (AvgIpc) is 3.16. The Bertz CT molecular complexity index is 716. The lowest BCUT2D eigenvalue weighted by Gasteiger charge is -2.17. The number of halogens is 1. The standard InChI is InChI=1S/C16H18FN3O3/c1-10-18-16(23-19-10)11-5-6-20(9-11)15(21)8-12-7-13(17)3-4-14(12)22-2/h3-4,7,11H,5-6,8-9H2,1-2H3. The van der Waals surface area contributed by atoms with Gasteiger partial charge in [0.15, 0.2) is 5.82 Å². The Morgan fingerprint density at radius 1 is 1.52 bits per heavy atom. The minimum atomic E-state index is -0.380. The second-order valence-corrected chi connectivity index (χ2v) is 5.64. The Kier molecular flexibility index (Phi) is 4.27. The normalized spacial score (nSPS) is 17.5. The number of likely N-dealkylation sites (tertiary alicyclic amines) is 1. The van der Waals surface area contributed by atoms with Crippen LogP contribution in [-0.4, -0.2) is 41.1 Å². The molecule has 0 spiro atoms. The zero-order valence-corrected chi connectivity index (χ0v) is 13.1. The average molecular weight is 319 g/mol. The van der Waals surface area contributed by atoms with E-state index in [9.17, 15) is 9.18 Å². The Balaban J connectivity index is 1.67. The van der Waals surface area contributed by atoms with Crippen LogP contribution >= 0.6 is 0 Å². The molecule has 1 amide bonds. The fourth-order valence-corrected chi connectivity index (χ4v) is 2.83. The van der Waals surface area contributed by atoms with Crippen LogP contribution < -0.4 is 4.74 Å². The lowest BCUT2D eigenvalue weighted by Crippen LogP contribution is -2.30. The molecule has 0 N–H and O–H groups in total. The number of benzene rings is 1. The van der Waals surface area contributed by atoms with Crippen LogP contribution in [0, 0.1) is 12.7 Å². The van der Waals surface area contributed by atoms with Crippen molar-refractivity contribution in [3.8, 4) is 5.75 Å². The molecule has 1 aromatic carbocycles. The van der Waals surface area contributed by atoms with E-state index in [1.807, 2.05) is 0 Å². The van der Waals surface area contributed by atoms with E-state index in [2.05, 4.69) is 10.1 Å². The maximum atomic E-state index is 13.4. The van der Waals surface area contributed by atoms with Crippen molar-refractivity contribution in [3.05, 3.63) is 41.3 Å². The fourth-order valence-electron chi connectivity index (χ4n) is 2.83. The second kappa shape index (κ2) is 6.36. The van der Waals surface area contributed by atoms with Crippen molar-refractivity contribution in [3.63, 3.8) is 0 Å². The topological polar surface area (TPSA) is 68.5 Å². The van der Waals surface area contributed by atoms with E-state index in [0.29, 0.717) is 36.1 Å². The highest BCUT2D eigenvalue weighted by Gasteiger charge is 2.31. The summed E-state index contributed by atoms with van der Waals surface area (Å²) >= 11 is 0. The first-order chi connectivity index (χ1) is 11.1. The van der Waals surface area contributed by atoms with Crippen molar-refractivity contribution in [2.45, 2.75) is 25.7 Å². The van der Waals surface area contributed by atoms with Gasteiger partial charge in [-0.3, -0.25) is 4.79 Å². The molecule has 1 aliphatic heterocycles. The number of nitrogens with zero attached hydrogens (tertiary/aromatic N) is 3. The lowest BCUT2D eigenvalue weighted by molar-refractivity contribution is -0.129. The smallest absolute Gasteiger partial charge is 0.231 e. The molecule has 1 saturated heterocycles. The van der Waals surface area contributed by atoms with Crippen molar-refractivity contribution in [1.82, 2.24) is 15.0 Å². The maximum absolute atomic E-state index is 13.4. The summed E-state index contributed by atoms with van der Waals surface area (Å²) in [5.41, 5.74) is 0.551. The lowest BCUT2D eigenvalue weighted by atomic mass is 10.1. The predicted molar refractivity (Wildman–Crippen MR) is 79.6 cm³/mol. The van der Waals surface area contributed by atoms with Crippen LogP contribution in [0.25, 0.3) is 0 Å². The fraction of sp³-hybridized carbons (Fsp3) is 0.438. The zero-order chi connectivity index (χ0) is 16.4. The summed E-state index contributed by atoms with van der Waals surface area (Å²) in [6, 6.07) is 4.19. The number of aromatic nitrogens is 2. The summed E-state index contributed by atoms with van der Waals surface area (Å²) in [7, 11) is 1.50. The minimum absolute atomic E-state index is 0.0624. The van der Waals surface area contributed by atoms with Gasteiger partial charge in [-0.2, -0.15) is 4.98 Å². The Labute approximate surface area is 133 Å². The molecular weight excluding hydrogens is 301 g/mol. The van der Waals surface area contributed by atoms with Crippen molar-refractivity contribution in [2.24, 2.45) is 0 Å². The molecule has 1 aromatic heterocycles. The molecule has 1 unspecified atom stereocenters. The number of carbonyl (C=O) groups excluding carboxylic acids is 1. The molecule has 3 rings (SSSR count). The van der Waals surface area contributed by atoms with Gasteiger partial charge in [0, 0.05) is 18.7 Å². The van der Waals surface area contributed by atoms with Crippen molar-refractivity contribution >= 4 is 5.91 Å². The molecule has 7 heteroatoms. The van der Waals surface area contributed by atoms with Crippen molar-refractivity contribution in [2.75, 3.05) is 20.2 Å². The quantitative estimate of drug-likeness (QED) is 0.863. The van der Waals surface area contributed by atoms with Gasteiger partial charge in [0.05, 0.1) is 19.4 Å². The van der Waals surface area contributed by atoms with Crippen LogP contribution in [0.15, 0.2) is 22.7 Å². The zero-order valence-electron chi connectivity index (χ0n) is 13.1. The van der Waals surface area contributed by atoms with E-state index in [4.69, 9.17) is 9.26 Å². The number of methoxy groups -OCH3 is 1. The highest BCUT2D eigenvalue weighted by Crippen LogP contribution is 2.27. The van der Waals surface area contributed by atoms with E-state index >= 15 is 0 Å². The summed E-state index contributed by atoms with van der Waals surface area (Å²) in [5.74, 6) is 1.30. The number of aryl methyl sites for hydroxylation is 1. The van der Waals surface area contributed by atoms with Crippen LogP contribution in [0.1, 0.15) is 29.6 Å². The van der Waals surface area contributed by atoms with Gasteiger partial charge in [-0.25, -0.2) is 4.39 Å². The van der Waals surface area contributed by atoms with Gasteiger partial charge in [0.2, 0.25) is 11.8 Å². The second-order valence-electron chi connectivity index (χ2n) is 5.64. The molecule has 0 aliphatic carbocycles. The molecular formula is C16H18FN3O3. The Morgan fingerprint density at radius 3 is 3.04 bits per heavy atom. The first kappa shape index (κ1) is 15.5. The number of carbonyl (C=O) groups is 1. The van der Waals surface area contributed by atoms with Gasteiger partial charge in [0.1, 0.15) is 11.6 Å². The largest absolute Gasteiger partial charge is 0.496 e. The summed E-state index contributed by atoms with van der Waals surface area (Å²) in [4.78, 5) is 18.4. The third kappa shape index (κ3) is 3.33. The molecule has 6 nitrogen and oxygen atoms in total. The molecule has 2 aromatic rings. The number of amides is 1. The van der Waals surface area contributed by atoms with E-state index in [-0.39, 0.29) is 24.1 Å². The summed E-state index contributed by atoms with van der Waals surface area (Å²) in [5, 5.41) is 3.78. The molecule has 122 valence electrons. The molecule has 1 fully saturated rings. The number of ether oxygens (including phenoxy) is 1. The summed E-state index contributed by atoms with van der Waals surface area (Å²) in [6.07, 6.45) is 0.893. The van der Waals surface area contributed by atoms with E-state index in [1.165, 1.54) is 25.3 Å². The maximum Gasteiger partial charge on any atom is 0.231 e. The predicted octanol–water partition coefficient (Wildman–Crippen LogP) is 2.08. The van der Waals surface area contributed by atoms with Crippen LogP contribution in [-0.2, 0) is 11.2 Å². The third-order valence-corrected chi connectivity index (χ3v) is 4.02. The molecule has 2 heterocycles. The SMILES string of the molecule is COc1ccc(F)cc1CC(=O)N1CCC(c2nc(C)no2)C1. The molecule has 1 aliphatic rings. The van der Waals surface area contributed by atoms with Crippen molar-refractivity contribution < 1.29 is 18.4 Å². The highest BCUT2D eigenvalue weighted by atomic mass is 19.1. The molecule has 23 heavy (non-hydrogen) atoms. The minimum Gasteiger partial charge on any atom is -0.496 e. The molecule has 0 saturated carbocycles. The van der Waals surface area contributed by atoms with Gasteiger partial charge in [-0.1, -0.05) is 5.16 Å².